The van der Waals surface area contributed by atoms with Gasteiger partial charge in [-0.2, -0.15) is 5.11 Å². The van der Waals surface area contributed by atoms with Crippen LogP contribution in [0.2, 0.25) is 0 Å². The number of hydrogen-bond donors (Lipinski definition) is 0. The van der Waals surface area contributed by atoms with Gasteiger partial charge in [0, 0.05) is 0 Å². The Morgan fingerprint density at radius 1 is 1.00 bits per heavy atom. The molecule has 2 atom stereocenters. The molecule has 2 aliphatic rings. The van der Waals surface area contributed by atoms with Crippen LogP contribution in [0.15, 0.2) is 64.9 Å². The molecule has 0 spiro atoms. The largest absolute Gasteiger partial charge is 0.271 e. The summed E-state index contributed by atoms with van der Waals surface area (Å²) in [5, 5.41) is 9.34. The Morgan fingerprint density at radius 3 is 2.54 bits per heavy atom. The maximum Gasteiger partial charge on any atom is 0.263 e. The second-order valence-electron chi connectivity index (χ2n) is 5.67. The summed E-state index contributed by atoms with van der Waals surface area (Å²) in [6.45, 7) is 0.212. The van der Waals surface area contributed by atoms with Crippen molar-refractivity contribution in [1.29, 1.82) is 0 Å². The Balaban J connectivity index is 1.61. The normalized spacial score (nSPS) is 22.4. The molecule has 1 fully saturated rings. The first-order valence-electron chi connectivity index (χ1n) is 7.50. The van der Waals surface area contributed by atoms with Crippen LogP contribution < -0.4 is 4.90 Å². The second kappa shape index (κ2) is 5.52. The predicted octanol–water partition coefficient (Wildman–Crippen LogP) is 2.32. The minimum atomic E-state index is -0.841. The molecule has 24 heavy (non-hydrogen) atoms. The molecule has 2 aromatic rings. The van der Waals surface area contributed by atoms with Crippen molar-refractivity contribution in [2.24, 2.45) is 10.3 Å². The van der Waals surface area contributed by atoms with Crippen LogP contribution in [-0.4, -0.2) is 28.9 Å². The van der Waals surface area contributed by atoms with E-state index in [9.17, 15) is 14.0 Å². The van der Waals surface area contributed by atoms with Crippen molar-refractivity contribution in [2.45, 2.75) is 18.6 Å². The molecule has 0 aromatic heterocycles. The summed E-state index contributed by atoms with van der Waals surface area (Å²) in [6.07, 6.45) is 0. The van der Waals surface area contributed by atoms with Crippen LogP contribution in [0, 0.1) is 5.82 Å². The number of rotatable bonds is 3. The van der Waals surface area contributed by atoms with E-state index in [2.05, 4.69) is 10.3 Å². The van der Waals surface area contributed by atoms with Crippen molar-refractivity contribution in [3.8, 4) is 0 Å². The maximum absolute atomic E-state index is 13.3. The van der Waals surface area contributed by atoms with Gasteiger partial charge < -0.3 is 0 Å². The third-order valence-electron chi connectivity index (χ3n) is 4.11. The van der Waals surface area contributed by atoms with Crippen LogP contribution in [0.25, 0.3) is 0 Å². The Hall–Kier alpha value is -3.09. The van der Waals surface area contributed by atoms with Gasteiger partial charge in [0.2, 0.25) is 0 Å². The summed E-state index contributed by atoms with van der Waals surface area (Å²) in [6, 6.07) is 13.2. The fourth-order valence-corrected chi connectivity index (χ4v) is 3.01. The third kappa shape index (κ3) is 2.25. The van der Waals surface area contributed by atoms with Gasteiger partial charge in [-0.15, -0.1) is 0 Å². The first-order chi connectivity index (χ1) is 11.6. The molecule has 2 aromatic carbocycles. The minimum Gasteiger partial charge on any atom is -0.271 e. The minimum absolute atomic E-state index is 0.212. The van der Waals surface area contributed by atoms with Crippen LogP contribution in [0.1, 0.15) is 5.56 Å². The number of amides is 2. The fourth-order valence-electron chi connectivity index (χ4n) is 3.01. The van der Waals surface area contributed by atoms with Crippen LogP contribution in [0.3, 0.4) is 0 Å². The van der Waals surface area contributed by atoms with Crippen molar-refractivity contribution in [2.75, 3.05) is 4.90 Å². The summed E-state index contributed by atoms with van der Waals surface area (Å²) >= 11 is 0. The lowest BCUT2D eigenvalue weighted by Crippen LogP contribution is -2.39. The molecular weight excluding hydrogens is 311 g/mol. The molecule has 7 heteroatoms. The van der Waals surface area contributed by atoms with Crippen molar-refractivity contribution in [1.82, 2.24) is 5.01 Å². The quantitative estimate of drug-likeness (QED) is 0.814. The number of carbonyl (C=O) groups is 2. The number of carbonyl (C=O) groups excluding carboxylic acids is 2. The second-order valence-corrected chi connectivity index (χ2v) is 5.67. The highest BCUT2D eigenvalue weighted by atomic mass is 19.1. The number of anilines is 1. The lowest BCUT2D eigenvalue weighted by molar-refractivity contribution is -0.123. The van der Waals surface area contributed by atoms with E-state index >= 15 is 0 Å². The van der Waals surface area contributed by atoms with E-state index < -0.39 is 12.1 Å². The van der Waals surface area contributed by atoms with E-state index in [-0.39, 0.29) is 24.2 Å². The zero-order valence-electron chi connectivity index (χ0n) is 12.5. The number of hydrogen-bond acceptors (Lipinski definition) is 5. The summed E-state index contributed by atoms with van der Waals surface area (Å²) in [5.41, 5.74) is 1.18. The fraction of sp³-hybridized carbons (Fsp3) is 0.176. The summed E-state index contributed by atoms with van der Waals surface area (Å²) in [7, 11) is 0. The zero-order valence-corrected chi connectivity index (χ0v) is 12.5. The van der Waals surface area contributed by atoms with Gasteiger partial charge >= 0.3 is 0 Å². The lowest BCUT2D eigenvalue weighted by atomic mass is 10.1. The van der Waals surface area contributed by atoms with Gasteiger partial charge in [-0.1, -0.05) is 35.6 Å². The average Bonchev–Trinajstić information content (AvgIpc) is 3.09. The molecule has 2 amide bonds. The van der Waals surface area contributed by atoms with E-state index in [1.54, 1.807) is 36.4 Å². The first-order valence-corrected chi connectivity index (χ1v) is 7.50. The molecule has 0 radical (unpaired) electrons. The van der Waals surface area contributed by atoms with Gasteiger partial charge in [0.05, 0.1) is 12.2 Å². The van der Waals surface area contributed by atoms with Crippen LogP contribution in [0.5, 0.6) is 0 Å². The third-order valence-corrected chi connectivity index (χ3v) is 4.11. The lowest BCUT2D eigenvalue weighted by Gasteiger charge is -2.20. The highest BCUT2D eigenvalue weighted by Gasteiger charge is 2.54. The molecule has 0 saturated carbocycles. The van der Waals surface area contributed by atoms with Crippen molar-refractivity contribution in [3.05, 3.63) is 66.0 Å². The molecule has 4 rings (SSSR count). The van der Waals surface area contributed by atoms with Gasteiger partial charge in [-0.25, -0.2) is 9.29 Å². The molecule has 0 bridgehead atoms. The summed E-state index contributed by atoms with van der Waals surface area (Å²) in [4.78, 5) is 26.4. The van der Waals surface area contributed by atoms with Crippen molar-refractivity contribution < 1.29 is 14.0 Å². The molecule has 0 unspecified atom stereocenters. The van der Waals surface area contributed by atoms with E-state index in [0.717, 1.165) is 4.90 Å². The monoisotopic (exact) mass is 324 g/mol. The Bertz CT molecular complexity index is 839. The highest BCUT2D eigenvalue weighted by molar-refractivity contribution is 6.25. The Kier molecular flexibility index (Phi) is 3.34. The topological polar surface area (TPSA) is 65.3 Å². The van der Waals surface area contributed by atoms with Gasteiger partial charge in [0.25, 0.3) is 11.8 Å². The van der Waals surface area contributed by atoms with E-state index in [0.29, 0.717) is 11.3 Å². The van der Waals surface area contributed by atoms with Crippen molar-refractivity contribution >= 4 is 17.5 Å². The molecule has 2 aliphatic heterocycles. The SMILES string of the molecule is O=C1[C@@H]2[C@@H](N=NN2Cc2cccc(F)c2)C(=O)N1c1ccccc1. The zero-order chi connectivity index (χ0) is 16.7. The molecule has 120 valence electrons. The van der Waals surface area contributed by atoms with Crippen LogP contribution >= 0.6 is 0 Å². The van der Waals surface area contributed by atoms with Crippen LogP contribution in [0.4, 0.5) is 10.1 Å². The number of fused-ring (bicyclic) bond motifs is 1. The van der Waals surface area contributed by atoms with Crippen molar-refractivity contribution in [3.63, 3.8) is 0 Å². The average molecular weight is 324 g/mol. The van der Waals surface area contributed by atoms with Gasteiger partial charge in [0.15, 0.2) is 12.1 Å². The standard InChI is InChI=1S/C17H13FN4O2/c18-12-6-4-5-11(9-12)10-21-15-14(19-20-21)16(23)22(17(15)24)13-7-2-1-3-8-13/h1-9,14-15H,10H2/t14-,15+/m1/s1. The number of halogens is 1. The van der Waals surface area contributed by atoms with E-state index in [1.165, 1.54) is 17.1 Å². The number of para-hydroxylation sites is 1. The van der Waals surface area contributed by atoms with Gasteiger partial charge in [0.1, 0.15) is 5.82 Å². The molecule has 0 aliphatic carbocycles. The molecule has 2 heterocycles. The number of benzene rings is 2. The first kappa shape index (κ1) is 14.5. The van der Waals surface area contributed by atoms with Gasteiger partial charge in [-0.05, 0) is 29.8 Å². The van der Waals surface area contributed by atoms with E-state index in [1.807, 2.05) is 6.07 Å². The predicted molar refractivity (Wildman–Crippen MR) is 83.3 cm³/mol. The summed E-state index contributed by atoms with van der Waals surface area (Å²) < 4.78 is 13.3. The number of imide groups is 1. The molecule has 1 saturated heterocycles. The Morgan fingerprint density at radius 2 is 1.79 bits per heavy atom. The maximum atomic E-state index is 13.3. The number of nitrogens with zero attached hydrogens (tertiary/aromatic N) is 4. The molecule has 0 N–H and O–H groups in total. The van der Waals surface area contributed by atoms with Crippen LogP contribution in [-0.2, 0) is 16.1 Å². The molecular formula is C17H13FN4O2. The smallest absolute Gasteiger partial charge is 0.263 e. The van der Waals surface area contributed by atoms with E-state index in [4.69, 9.17) is 0 Å². The molecule has 6 nitrogen and oxygen atoms in total. The van der Waals surface area contributed by atoms with Gasteiger partial charge in [-0.3, -0.25) is 14.6 Å². The highest BCUT2D eigenvalue weighted by Crippen LogP contribution is 2.32. The summed E-state index contributed by atoms with van der Waals surface area (Å²) in [5.74, 6) is -1.11. The Labute approximate surface area is 137 Å².